The van der Waals surface area contributed by atoms with Crippen molar-refractivity contribution in [3.63, 3.8) is 0 Å². The van der Waals surface area contributed by atoms with E-state index >= 15 is 0 Å². The topological polar surface area (TPSA) is 15.3 Å². The molecule has 0 saturated carbocycles. The summed E-state index contributed by atoms with van der Waals surface area (Å²) in [6, 6.07) is 0.859. The van der Waals surface area contributed by atoms with E-state index in [2.05, 4.69) is 31.0 Å². The maximum absolute atomic E-state index is 3.50. The zero-order valence-corrected chi connectivity index (χ0v) is 10.6. The van der Waals surface area contributed by atoms with Crippen molar-refractivity contribution in [3.8, 4) is 0 Å². The van der Waals surface area contributed by atoms with E-state index in [0.717, 1.165) is 12.0 Å². The van der Waals surface area contributed by atoms with Crippen molar-refractivity contribution in [2.45, 2.75) is 46.1 Å². The van der Waals surface area contributed by atoms with Gasteiger partial charge in [-0.1, -0.05) is 20.8 Å². The largest absolute Gasteiger partial charge is 0.316 e. The molecule has 2 nitrogen and oxygen atoms in total. The smallest absolute Gasteiger partial charge is 0.00959 e. The molecule has 2 heteroatoms. The Morgan fingerprint density at radius 2 is 2.27 bits per heavy atom. The van der Waals surface area contributed by atoms with E-state index in [-0.39, 0.29) is 0 Å². The Balaban J connectivity index is 1.92. The maximum atomic E-state index is 3.50. The average Bonchev–Trinajstić information content (AvgIpc) is 2.73. The Morgan fingerprint density at radius 3 is 2.87 bits per heavy atom. The molecular formula is C13H26N2. The van der Waals surface area contributed by atoms with Crippen molar-refractivity contribution in [2.24, 2.45) is 11.3 Å². The van der Waals surface area contributed by atoms with Crippen molar-refractivity contribution in [2.75, 3.05) is 26.2 Å². The fraction of sp³-hybridized carbons (Fsp3) is 1.00. The lowest BCUT2D eigenvalue weighted by molar-refractivity contribution is 0.160. The van der Waals surface area contributed by atoms with Gasteiger partial charge < -0.3 is 5.32 Å². The number of nitrogens with one attached hydrogen (secondary N) is 1. The first-order valence-electron chi connectivity index (χ1n) is 6.58. The Bertz CT molecular complexity index is 209. The highest BCUT2D eigenvalue weighted by Crippen LogP contribution is 2.32. The number of rotatable bonds is 3. The van der Waals surface area contributed by atoms with E-state index in [4.69, 9.17) is 0 Å². The molecule has 0 bridgehead atoms. The van der Waals surface area contributed by atoms with Crippen molar-refractivity contribution in [3.05, 3.63) is 0 Å². The summed E-state index contributed by atoms with van der Waals surface area (Å²) >= 11 is 0. The second kappa shape index (κ2) is 4.42. The molecule has 1 N–H and O–H groups in total. The second-order valence-corrected chi connectivity index (χ2v) is 6.07. The standard InChI is InChI=1S/C13H26N2/c1-4-12-7-11(2)8-15(12)10-13(3)5-6-14-9-13/h11-12,14H,4-10H2,1-3H3. The van der Waals surface area contributed by atoms with E-state index in [1.54, 1.807) is 0 Å². The van der Waals surface area contributed by atoms with Crippen LogP contribution in [-0.4, -0.2) is 37.1 Å². The molecule has 0 aromatic rings. The highest BCUT2D eigenvalue weighted by molar-refractivity contribution is 4.91. The first kappa shape index (κ1) is 11.4. The number of hydrogen-bond acceptors (Lipinski definition) is 2. The molecule has 2 aliphatic heterocycles. The van der Waals surface area contributed by atoms with Crippen molar-refractivity contribution < 1.29 is 0 Å². The normalized spacial score (nSPS) is 42.6. The molecule has 0 aliphatic carbocycles. The first-order chi connectivity index (χ1) is 7.13. The molecule has 0 amide bonds. The van der Waals surface area contributed by atoms with Crippen molar-refractivity contribution in [1.29, 1.82) is 0 Å². The molecule has 2 fully saturated rings. The molecular weight excluding hydrogens is 184 g/mol. The molecule has 88 valence electrons. The SMILES string of the molecule is CCC1CC(C)CN1CC1(C)CCNC1. The third kappa shape index (κ3) is 2.54. The summed E-state index contributed by atoms with van der Waals surface area (Å²) in [7, 11) is 0. The lowest BCUT2D eigenvalue weighted by Gasteiger charge is -2.32. The van der Waals surface area contributed by atoms with E-state index in [1.807, 2.05) is 0 Å². The molecule has 0 radical (unpaired) electrons. The third-order valence-corrected chi connectivity index (χ3v) is 4.25. The van der Waals surface area contributed by atoms with Crippen LogP contribution in [0.4, 0.5) is 0 Å². The van der Waals surface area contributed by atoms with Gasteiger partial charge in [-0.15, -0.1) is 0 Å². The zero-order chi connectivity index (χ0) is 10.9. The lowest BCUT2D eigenvalue weighted by Crippen LogP contribution is -2.40. The van der Waals surface area contributed by atoms with Crippen LogP contribution < -0.4 is 5.32 Å². The Morgan fingerprint density at radius 1 is 1.47 bits per heavy atom. The second-order valence-electron chi connectivity index (χ2n) is 6.07. The Labute approximate surface area is 94.4 Å². The fourth-order valence-corrected chi connectivity index (χ4v) is 3.35. The van der Waals surface area contributed by atoms with Crippen LogP contribution in [0.15, 0.2) is 0 Å². The van der Waals surface area contributed by atoms with Gasteiger partial charge in [0.25, 0.3) is 0 Å². The molecule has 0 aromatic carbocycles. The summed E-state index contributed by atoms with van der Waals surface area (Å²) < 4.78 is 0. The summed E-state index contributed by atoms with van der Waals surface area (Å²) in [5.41, 5.74) is 0.539. The van der Waals surface area contributed by atoms with E-state index in [9.17, 15) is 0 Å². The van der Waals surface area contributed by atoms with Gasteiger partial charge in [0.05, 0.1) is 0 Å². The van der Waals surface area contributed by atoms with Gasteiger partial charge in [-0.25, -0.2) is 0 Å². The molecule has 2 heterocycles. The van der Waals surface area contributed by atoms with E-state index in [0.29, 0.717) is 5.41 Å². The molecule has 2 aliphatic rings. The van der Waals surface area contributed by atoms with Crippen LogP contribution in [0, 0.1) is 11.3 Å². The number of nitrogens with zero attached hydrogens (tertiary/aromatic N) is 1. The summed E-state index contributed by atoms with van der Waals surface area (Å²) in [5.74, 6) is 0.910. The van der Waals surface area contributed by atoms with Crippen LogP contribution in [0.5, 0.6) is 0 Å². The highest BCUT2D eigenvalue weighted by Gasteiger charge is 2.36. The van der Waals surface area contributed by atoms with Gasteiger partial charge >= 0.3 is 0 Å². The van der Waals surface area contributed by atoms with Gasteiger partial charge in [-0.3, -0.25) is 4.90 Å². The number of likely N-dealkylation sites (tertiary alicyclic amines) is 1. The van der Waals surface area contributed by atoms with Crippen LogP contribution >= 0.6 is 0 Å². The molecule has 2 rings (SSSR count). The van der Waals surface area contributed by atoms with E-state index < -0.39 is 0 Å². The van der Waals surface area contributed by atoms with Gasteiger partial charge in [-0.2, -0.15) is 0 Å². The summed E-state index contributed by atoms with van der Waals surface area (Å²) in [5, 5.41) is 3.50. The lowest BCUT2D eigenvalue weighted by atomic mass is 9.89. The van der Waals surface area contributed by atoms with Crippen LogP contribution in [0.2, 0.25) is 0 Å². The minimum absolute atomic E-state index is 0.539. The third-order valence-electron chi connectivity index (χ3n) is 4.25. The maximum Gasteiger partial charge on any atom is 0.00959 e. The quantitative estimate of drug-likeness (QED) is 0.767. The Kier molecular flexibility index (Phi) is 3.36. The van der Waals surface area contributed by atoms with Crippen LogP contribution in [-0.2, 0) is 0 Å². The summed E-state index contributed by atoms with van der Waals surface area (Å²) in [6.45, 7) is 12.3. The highest BCUT2D eigenvalue weighted by atomic mass is 15.2. The number of hydrogen-bond donors (Lipinski definition) is 1. The van der Waals surface area contributed by atoms with Crippen molar-refractivity contribution >= 4 is 0 Å². The zero-order valence-electron chi connectivity index (χ0n) is 10.6. The minimum Gasteiger partial charge on any atom is -0.316 e. The average molecular weight is 210 g/mol. The van der Waals surface area contributed by atoms with Crippen LogP contribution in [0.25, 0.3) is 0 Å². The predicted octanol–water partition coefficient (Wildman–Crippen LogP) is 2.11. The summed E-state index contributed by atoms with van der Waals surface area (Å²) in [4.78, 5) is 2.75. The van der Waals surface area contributed by atoms with Crippen molar-refractivity contribution in [1.82, 2.24) is 10.2 Å². The minimum atomic E-state index is 0.539. The van der Waals surface area contributed by atoms with Gasteiger partial charge in [0.15, 0.2) is 0 Å². The van der Waals surface area contributed by atoms with Gasteiger partial charge in [-0.05, 0) is 37.1 Å². The molecule has 0 aromatic heterocycles. The molecule has 2 saturated heterocycles. The van der Waals surface area contributed by atoms with Gasteiger partial charge in [0, 0.05) is 25.7 Å². The monoisotopic (exact) mass is 210 g/mol. The van der Waals surface area contributed by atoms with E-state index in [1.165, 1.54) is 45.4 Å². The molecule has 15 heavy (non-hydrogen) atoms. The Hall–Kier alpha value is -0.0800. The summed E-state index contributed by atoms with van der Waals surface area (Å²) in [6.07, 6.45) is 4.10. The fourth-order valence-electron chi connectivity index (χ4n) is 3.35. The molecule has 0 spiro atoms. The van der Waals surface area contributed by atoms with Crippen LogP contribution in [0.3, 0.4) is 0 Å². The van der Waals surface area contributed by atoms with Gasteiger partial charge in [0.1, 0.15) is 0 Å². The molecule has 3 unspecified atom stereocenters. The van der Waals surface area contributed by atoms with Gasteiger partial charge in [0.2, 0.25) is 0 Å². The predicted molar refractivity (Wildman–Crippen MR) is 65.0 cm³/mol. The first-order valence-corrected chi connectivity index (χ1v) is 6.58. The molecule has 3 atom stereocenters. The van der Waals surface area contributed by atoms with Crippen LogP contribution in [0.1, 0.15) is 40.0 Å².